The van der Waals surface area contributed by atoms with E-state index in [4.69, 9.17) is 18.9 Å². The molecule has 0 aliphatic carbocycles. The Balaban J connectivity index is 2.41. The first-order chi connectivity index (χ1) is 9.24. The molecule has 1 unspecified atom stereocenters. The van der Waals surface area contributed by atoms with E-state index in [-0.39, 0.29) is 12.2 Å². The zero-order valence-electron chi connectivity index (χ0n) is 12.3. The van der Waals surface area contributed by atoms with Crippen molar-refractivity contribution in [1.29, 1.82) is 0 Å². The summed E-state index contributed by atoms with van der Waals surface area (Å²) >= 11 is 0. The maximum Gasteiger partial charge on any atom is 0.184 e. The van der Waals surface area contributed by atoms with Crippen molar-refractivity contribution < 1.29 is 24.1 Å². The quantitative estimate of drug-likeness (QED) is 0.616. The molecule has 1 N–H and O–H groups in total. The zero-order valence-corrected chi connectivity index (χ0v) is 12.3. The summed E-state index contributed by atoms with van der Waals surface area (Å²) in [5, 5.41) is 9.81. The highest BCUT2D eigenvalue weighted by Crippen LogP contribution is 2.25. The van der Waals surface area contributed by atoms with Crippen molar-refractivity contribution in [2.75, 3.05) is 26.9 Å². The van der Waals surface area contributed by atoms with E-state index >= 15 is 0 Å². The Kier molecular flexibility index (Phi) is 8.57. The van der Waals surface area contributed by atoms with Gasteiger partial charge < -0.3 is 24.1 Å². The minimum Gasteiger partial charge on any atom is -0.379 e. The molecule has 5 heteroatoms. The van der Waals surface area contributed by atoms with Crippen LogP contribution in [0.5, 0.6) is 0 Å². The van der Waals surface area contributed by atoms with Gasteiger partial charge in [0.2, 0.25) is 0 Å². The number of aliphatic hydroxyl groups excluding tert-OH is 1. The molecule has 1 rings (SSSR count). The van der Waals surface area contributed by atoms with Crippen molar-refractivity contribution >= 4 is 0 Å². The zero-order chi connectivity index (χ0) is 14.1. The fraction of sp³-hybridized carbons (Fsp3) is 1.00. The molecule has 1 aliphatic rings. The largest absolute Gasteiger partial charge is 0.379 e. The molecule has 0 aromatic carbocycles. The van der Waals surface area contributed by atoms with Crippen molar-refractivity contribution in [2.45, 2.75) is 64.1 Å². The van der Waals surface area contributed by atoms with Gasteiger partial charge in [-0.2, -0.15) is 0 Å². The third-order valence-electron chi connectivity index (χ3n) is 3.29. The lowest BCUT2D eigenvalue weighted by Gasteiger charge is -2.22. The van der Waals surface area contributed by atoms with Gasteiger partial charge in [0.1, 0.15) is 18.3 Å². The molecule has 0 aromatic rings. The average Bonchev–Trinajstić information content (AvgIpc) is 2.71. The van der Waals surface area contributed by atoms with Crippen molar-refractivity contribution in [3.63, 3.8) is 0 Å². The Morgan fingerprint density at radius 2 is 1.74 bits per heavy atom. The van der Waals surface area contributed by atoms with E-state index in [0.717, 1.165) is 25.7 Å². The second kappa shape index (κ2) is 9.66. The van der Waals surface area contributed by atoms with Crippen LogP contribution in [0.15, 0.2) is 0 Å². The first-order valence-electron chi connectivity index (χ1n) is 7.30. The second-order valence-corrected chi connectivity index (χ2v) is 4.88. The van der Waals surface area contributed by atoms with Crippen LogP contribution in [0, 0.1) is 0 Å². The van der Waals surface area contributed by atoms with Gasteiger partial charge in [-0.3, -0.25) is 0 Å². The maximum absolute atomic E-state index is 9.81. The van der Waals surface area contributed by atoms with Gasteiger partial charge in [0.15, 0.2) is 6.29 Å². The van der Waals surface area contributed by atoms with E-state index in [1.165, 1.54) is 0 Å². The van der Waals surface area contributed by atoms with Crippen LogP contribution >= 0.6 is 0 Å². The van der Waals surface area contributed by atoms with E-state index in [1.54, 1.807) is 7.11 Å². The predicted molar refractivity (Wildman–Crippen MR) is 72.1 cm³/mol. The number of unbranched alkanes of at least 4 members (excludes halogenated alkanes) is 2. The number of hydrogen-bond donors (Lipinski definition) is 1. The molecule has 0 amide bonds. The Morgan fingerprint density at radius 1 is 1.05 bits per heavy atom. The molecule has 0 bridgehead atoms. The molecule has 0 spiro atoms. The molecule has 1 aliphatic heterocycles. The van der Waals surface area contributed by atoms with E-state index in [9.17, 15) is 5.11 Å². The highest BCUT2D eigenvalue weighted by Gasteiger charge is 2.45. The van der Waals surface area contributed by atoms with Gasteiger partial charge in [-0.05, 0) is 12.8 Å². The fourth-order valence-corrected chi connectivity index (χ4v) is 2.10. The molecule has 5 nitrogen and oxygen atoms in total. The smallest absolute Gasteiger partial charge is 0.184 e. The Hall–Kier alpha value is -0.200. The normalized spacial score (nSPS) is 30.9. The highest BCUT2D eigenvalue weighted by atomic mass is 16.7. The van der Waals surface area contributed by atoms with Gasteiger partial charge in [0.05, 0.1) is 6.61 Å². The van der Waals surface area contributed by atoms with Crippen LogP contribution in [0.4, 0.5) is 0 Å². The van der Waals surface area contributed by atoms with Crippen LogP contribution in [-0.4, -0.2) is 56.6 Å². The van der Waals surface area contributed by atoms with Crippen molar-refractivity contribution in [1.82, 2.24) is 0 Å². The fourth-order valence-electron chi connectivity index (χ4n) is 2.10. The van der Waals surface area contributed by atoms with Crippen LogP contribution in [0.2, 0.25) is 0 Å². The summed E-state index contributed by atoms with van der Waals surface area (Å²) in [6.45, 7) is 6.04. The third kappa shape index (κ3) is 5.36. The molecular weight excluding hydrogens is 248 g/mol. The second-order valence-electron chi connectivity index (χ2n) is 4.88. The Bertz CT molecular complexity index is 224. The van der Waals surface area contributed by atoms with Gasteiger partial charge in [0, 0.05) is 20.3 Å². The summed E-state index contributed by atoms with van der Waals surface area (Å²) in [7, 11) is 1.56. The monoisotopic (exact) mass is 276 g/mol. The molecule has 0 saturated carbocycles. The van der Waals surface area contributed by atoms with Crippen LogP contribution in [0.3, 0.4) is 0 Å². The van der Waals surface area contributed by atoms with Crippen LogP contribution < -0.4 is 0 Å². The van der Waals surface area contributed by atoms with E-state index in [2.05, 4.69) is 13.8 Å². The minimum atomic E-state index is -0.934. The van der Waals surface area contributed by atoms with Crippen LogP contribution in [-0.2, 0) is 18.9 Å². The van der Waals surface area contributed by atoms with Gasteiger partial charge in [-0.1, -0.05) is 26.7 Å². The van der Waals surface area contributed by atoms with E-state index < -0.39 is 12.4 Å². The molecule has 4 atom stereocenters. The molecule has 0 aromatic heterocycles. The number of hydrogen-bond acceptors (Lipinski definition) is 5. The summed E-state index contributed by atoms with van der Waals surface area (Å²) in [5.74, 6) is 0. The van der Waals surface area contributed by atoms with Gasteiger partial charge in [-0.15, -0.1) is 0 Å². The molecule has 1 saturated heterocycles. The average molecular weight is 276 g/mol. The molecule has 0 radical (unpaired) electrons. The topological polar surface area (TPSA) is 57.2 Å². The highest BCUT2D eigenvalue weighted by molar-refractivity contribution is 4.88. The number of ether oxygens (including phenoxy) is 4. The summed E-state index contributed by atoms with van der Waals surface area (Å²) in [4.78, 5) is 0. The van der Waals surface area contributed by atoms with Gasteiger partial charge in [0.25, 0.3) is 0 Å². The number of rotatable bonds is 10. The van der Waals surface area contributed by atoms with Crippen molar-refractivity contribution in [2.24, 2.45) is 0 Å². The Labute approximate surface area is 116 Å². The lowest BCUT2D eigenvalue weighted by atomic mass is 10.1. The minimum absolute atomic E-state index is 0.256. The predicted octanol–water partition coefficient (Wildman–Crippen LogP) is 1.72. The molecule has 1 heterocycles. The van der Waals surface area contributed by atoms with Crippen LogP contribution in [0.25, 0.3) is 0 Å². The standard InChI is InChI=1S/C14H28O5/c1-4-6-8-17-10-11-12(18-9-7-5-2)13(16-3)14(15)19-11/h11-15H,4-10H2,1-3H3/t11-,12-,13-,14?/m1/s1. The van der Waals surface area contributed by atoms with Gasteiger partial charge >= 0.3 is 0 Å². The van der Waals surface area contributed by atoms with E-state index in [1.807, 2.05) is 0 Å². The summed E-state index contributed by atoms with van der Waals surface area (Å²) in [6, 6.07) is 0. The maximum atomic E-state index is 9.81. The summed E-state index contributed by atoms with van der Waals surface area (Å²) < 4.78 is 22.1. The molecule has 114 valence electrons. The Morgan fingerprint density at radius 3 is 2.37 bits per heavy atom. The van der Waals surface area contributed by atoms with Crippen molar-refractivity contribution in [3.8, 4) is 0 Å². The number of methoxy groups -OCH3 is 1. The van der Waals surface area contributed by atoms with E-state index in [0.29, 0.717) is 19.8 Å². The SMILES string of the molecule is CCCCOC[C@H]1OC(O)[C@H](OC)[C@@H]1OCCCC. The van der Waals surface area contributed by atoms with Crippen molar-refractivity contribution in [3.05, 3.63) is 0 Å². The van der Waals surface area contributed by atoms with Gasteiger partial charge in [-0.25, -0.2) is 0 Å². The number of aliphatic hydroxyl groups is 1. The summed E-state index contributed by atoms with van der Waals surface area (Å²) in [6.07, 6.45) is 2.32. The molecular formula is C14H28O5. The first kappa shape index (κ1) is 16.9. The summed E-state index contributed by atoms with van der Waals surface area (Å²) in [5.41, 5.74) is 0. The third-order valence-corrected chi connectivity index (χ3v) is 3.29. The lowest BCUT2D eigenvalue weighted by Crippen LogP contribution is -2.38. The lowest BCUT2D eigenvalue weighted by molar-refractivity contribution is -0.143. The van der Waals surface area contributed by atoms with Crippen LogP contribution in [0.1, 0.15) is 39.5 Å². The first-order valence-corrected chi connectivity index (χ1v) is 7.30. The molecule has 19 heavy (non-hydrogen) atoms. The molecule has 1 fully saturated rings.